The fraction of sp³-hybridized carbons (Fsp3) is 0.273. The Morgan fingerprint density at radius 3 is 2.60 bits per heavy atom. The number of carboxylic acids is 1. The highest BCUT2D eigenvalue weighted by Gasteiger charge is 2.15. The van der Waals surface area contributed by atoms with Crippen LogP contribution in [0.1, 0.15) is 34.0 Å². The molecule has 1 aromatic carbocycles. The van der Waals surface area contributed by atoms with Crippen molar-refractivity contribution in [3.63, 3.8) is 0 Å². The quantitative estimate of drug-likeness (QED) is 0.779. The number of nitrogens with zero attached hydrogens (tertiary/aromatic N) is 1. The lowest BCUT2D eigenvalue weighted by Gasteiger charge is -2.09. The van der Waals surface area contributed by atoms with E-state index >= 15 is 0 Å². The summed E-state index contributed by atoms with van der Waals surface area (Å²) in [6.07, 6.45) is 0.657. The minimum atomic E-state index is -1.15. The van der Waals surface area contributed by atoms with Crippen LogP contribution in [0.15, 0.2) is 12.1 Å². The van der Waals surface area contributed by atoms with Gasteiger partial charge in [-0.3, -0.25) is 0 Å². The van der Waals surface area contributed by atoms with E-state index in [0.29, 0.717) is 12.0 Å². The molecule has 15 heavy (non-hydrogen) atoms. The highest BCUT2D eigenvalue weighted by atomic mass is 16.4. The molecule has 0 radical (unpaired) electrons. The zero-order chi connectivity index (χ0) is 11.4. The first-order valence-corrected chi connectivity index (χ1v) is 4.54. The van der Waals surface area contributed by atoms with Crippen molar-refractivity contribution in [3.8, 4) is 6.07 Å². The van der Waals surface area contributed by atoms with Crippen LogP contribution >= 0.6 is 0 Å². The van der Waals surface area contributed by atoms with E-state index < -0.39 is 5.97 Å². The van der Waals surface area contributed by atoms with Crippen molar-refractivity contribution in [1.29, 1.82) is 5.26 Å². The number of aromatic carboxylic acids is 1. The third kappa shape index (κ3) is 1.97. The predicted octanol–water partition coefficient (Wildman–Crippen LogP) is 1.31. The van der Waals surface area contributed by atoms with Crippen molar-refractivity contribution in [1.82, 2.24) is 0 Å². The number of aryl methyl sites for hydroxylation is 1. The number of nitriles is 1. The number of aliphatic hydroxyl groups is 1. The minimum Gasteiger partial charge on any atom is -0.478 e. The molecular formula is C11H11NO3. The molecule has 78 valence electrons. The van der Waals surface area contributed by atoms with E-state index in [2.05, 4.69) is 0 Å². The molecule has 0 saturated heterocycles. The zero-order valence-corrected chi connectivity index (χ0v) is 8.32. The molecule has 1 aromatic rings. The molecule has 0 aliphatic rings. The monoisotopic (exact) mass is 205 g/mol. The summed E-state index contributed by atoms with van der Waals surface area (Å²) in [6, 6.07) is 4.87. The summed E-state index contributed by atoms with van der Waals surface area (Å²) in [4.78, 5) is 10.8. The van der Waals surface area contributed by atoms with Gasteiger partial charge < -0.3 is 10.2 Å². The summed E-state index contributed by atoms with van der Waals surface area (Å²) >= 11 is 0. The van der Waals surface area contributed by atoms with Gasteiger partial charge in [-0.25, -0.2) is 4.79 Å². The Labute approximate surface area is 87.4 Å². The van der Waals surface area contributed by atoms with Crippen molar-refractivity contribution in [2.24, 2.45) is 0 Å². The van der Waals surface area contributed by atoms with Crippen molar-refractivity contribution in [2.45, 2.75) is 20.0 Å². The summed E-state index contributed by atoms with van der Waals surface area (Å²) < 4.78 is 0. The van der Waals surface area contributed by atoms with Crippen LogP contribution in [0.25, 0.3) is 0 Å². The fourth-order valence-electron chi connectivity index (χ4n) is 1.51. The first kappa shape index (κ1) is 11.2. The van der Waals surface area contributed by atoms with E-state index in [0.717, 1.165) is 5.56 Å². The lowest BCUT2D eigenvalue weighted by Crippen LogP contribution is -2.06. The second kappa shape index (κ2) is 4.58. The third-order valence-corrected chi connectivity index (χ3v) is 2.29. The third-order valence-electron chi connectivity index (χ3n) is 2.29. The van der Waals surface area contributed by atoms with Gasteiger partial charge in [0.25, 0.3) is 0 Å². The number of hydrogen-bond acceptors (Lipinski definition) is 3. The Bertz CT molecular complexity index is 432. The van der Waals surface area contributed by atoms with Gasteiger partial charge in [0.15, 0.2) is 0 Å². The highest BCUT2D eigenvalue weighted by Crippen LogP contribution is 2.19. The van der Waals surface area contributed by atoms with Crippen LogP contribution in [0.2, 0.25) is 0 Å². The number of benzene rings is 1. The second-order valence-corrected chi connectivity index (χ2v) is 3.05. The van der Waals surface area contributed by atoms with Crippen LogP contribution in [-0.2, 0) is 13.0 Å². The number of carboxylic acid groups (broad SMARTS) is 1. The van der Waals surface area contributed by atoms with Crippen LogP contribution in [0.5, 0.6) is 0 Å². The van der Waals surface area contributed by atoms with Gasteiger partial charge in [-0.05, 0) is 23.6 Å². The lowest BCUT2D eigenvalue weighted by molar-refractivity contribution is 0.0696. The number of rotatable bonds is 3. The molecule has 1 rings (SSSR count). The standard InChI is InChI=1S/C11H11NO3/c1-2-7-3-4-8(11(14)15)9(5-12)10(7)6-13/h3-4,13H,2,6H2,1H3,(H,14,15). The molecule has 0 amide bonds. The maximum absolute atomic E-state index is 10.8. The molecule has 0 heterocycles. The van der Waals surface area contributed by atoms with Gasteiger partial charge in [-0.1, -0.05) is 13.0 Å². The maximum Gasteiger partial charge on any atom is 0.337 e. The second-order valence-electron chi connectivity index (χ2n) is 3.05. The summed E-state index contributed by atoms with van der Waals surface area (Å²) in [6.45, 7) is 1.57. The number of carbonyl (C=O) groups is 1. The van der Waals surface area contributed by atoms with Crippen LogP contribution in [0, 0.1) is 11.3 Å². The number of aliphatic hydroxyl groups excluding tert-OH is 1. The van der Waals surface area contributed by atoms with Crippen molar-refractivity contribution in [3.05, 3.63) is 34.4 Å². The molecule has 0 aromatic heterocycles. The Morgan fingerprint density at radius 1 is 1.53 bits per heavy atom. The summed E-state index contributed by atoms with van der Waals surface area (Å²) in [5.74, 6) is -1.15. The molecule has 0 saturated carbocycles. The van der Waals surface area contributed by atoms with E-state index in [1.54, 1.807) is 6.07 Å². The largest absolute Gasteiger partial charge is 0.478 e. The Hall–Kier alpha value is -1.86. The van der Waals surface area contributed by atoms with E-state index in [-0.39, 0.29) is 17.7 Å². The van der Waals surface area contributed by atoms with Crippen molar-refractivity contribution < 1.29 is 15.0 Å². The van der Waals surface area contributed by atoms with Gasteiger partial charge in [-0.15, -0.1) is 0 Å². The van der Waals surface area contributed by atoms with Crippen LogP contribution < -0.4 is 0 Å². The van der Waals surface area contributed by atoms with Gasteiger partial charge in [0.05, 0.1) is 17.7 Å². The van der Waals surface area contributed by atoms with E-state index in [1.807, 2.05) is 13.0 Å². The zero-order valence-electron chi connectivity index (χ0n) is 8.32. The van der Waals surface area contributed by atoms with E-state index in [4.69, 9.17) is 15.5 Å². The smallest absolute Gasteiger partial charge is 0.337 e. The average molecular weight is 205 g/mol. The van der Waals surface area contributed by atoms with Gasteiger partial charge in [-0.2, -0.15) is 5.26 Å². The van der Waals surface area contributed by atoms with Crippen LogP contribution in [0.3, 0.4) is 0 Å². The topological polar surface area (TPSA) is 81.3 Å². The molecule has 0 atom stereocenters. The van der Waals surface area contributed by atoms with Crippen LogP contribution in [0.4, 0.5) is 0 Å². The van der Waals surface area contributed by atoms with Gasteiger partial charge >= 0.3 is 5.97 Å². The first-order valence-electron chi connectivity index (χ1n) is 4.54. The van der Waals surface area contributed by atoms with Gasteiger partial charge in [0, 0.05) is 0 Å². The minimum absolute atomic E-state index is 0.0567. The summed E-state index contributed by atoms with van der Waals surface area (Å²) in [5.41, 5.74) is 1.22. The molecule has 4 heteroatoms. The number of hydrogen-bond donors (Lipinski definition) is 2. The fourth-order valence-corrected chi connectivity index (χ4v) is 1.51. The van der Waals surface area contributed by atoms with Crippen LogP contribution in [-0.4, -0.2) is 16.2 Å². The van der Waals surface area contributed by atoms with Crippen molar-refractivity contribution >= 4 is 5.97 Å². The van der Waals surface area contributed by atoms with Gasteiger partial charge in [0.2, 0.25) is 0 Å². The molecule has 0 spiro atoms. The molecule has 0 bridgehead atoms. The van der Waals surface area contributed by atoms with E-state index in [1.165, 1.54) is 6.07 Å². The predicted molar refractivity (Wildman–Crippen MR) is 53.4 cm³/mol. The molecule has 0 aliphatic carbocycles. The van der Waals surface area contributed by atoms with Gasteiger partial charge in [0.1, 0.15) is 6.07 Å². The average Bonchev–Trinajstić information content (AvgIpc) is 2.26. The lowest BCUT2D eigenvalue weighted by atomic mass is 9.96. The normalized spacial score (nSPS) is 9.67. The van der Waals surface area contributed by atoms with E-state index in [9.17, 15) is 4.79 Å². The van der Waals surface area contributed by atoms with Crippen molar-refractivity contribution in [2.75, 3.05) is 0 Å². The molecule has 0 unspecified atom stereocenters. The Balaban J connectivity index is 3.50. The Kier molecular flexibility index (Phi) is 3.42. The SMILES string of the molecule is CCc1ccc(C(=O)O)c(C#N)c1CO. The first-order chi connectivity index (χ1) is 7.15. The summed E-state index contributed by atoms with van der Waals surface area (Å²) in [5, 5.41) is 26.8. The molecule has 0 aliphatic heterocycles. The Morgan fingerprint density at radius 2 is 2.20 bits per heavy atom. The molecule has 0 fully saturated rings. The summed E-state index contributed by atoms with van der Waals surface area (Å²) in [7, 11) is 0. The molecule has 4 nitrogen and oxygen atoms in total. The molecular weight excluding hydrogens is 194 g/mol. The highest BCUT2D eigenvalue weighted by molar-refractivity contribution is 5.91. The maximum atomic E-state index is 10.8. The molecule has 2 N–H and O–H groups in total.